The molecule has 0 unspecified atom stereocenters. The zero-order valence-electron chi connectivity index (χ0n) is 9.75. The van der Waals surface area contributed by atoms with Crippen LogP contribution in [0.3, 0.4) is 0 Å². The van der Waals surface area contributed by atoms with Gasteiger partial charge in [0.1, 0.15) is 0 Å². The van der Waals surface area contributed by atoms with E-state index in [4.69, 9.17) is 4.74 Å². The lowest BCUT2D eigenvalue weighted by molar-refractivity contribution is 0.129. The van der Waals surface area contributed by atoms with Crippen LogP contribution < -0.4 is 0 Å². The minimum atomic E-state index is -0.267. The highest BCUT2D eigenvalue weighted by molar-refractivity contribution is 5.72. The molecular weight excluding hydrogens is 190 g/mol. The smallest absolute Gasteiger partial charge is 0.418 e. The molecule has 1 heterocycles. The van der Waals surface area contributed by atoms with E-state index in [9.17, 15) is 4.79 Å². The summed E-state index contributed by atoms with van der Waals surface area (Å²) in [7, 11) is 0. The van der Waals surface area contributed by atoms with Gasteiger partial charge < -0.3 is 4.74 Å². The van der Waals surface area contributed by atoms with Crippen LogP contribution in [0.1, 0.15) is 40.0 Å². The highest BCUT2D eigenvalue weighted by Crippen LogP contribution is 2.25. The molecule has 0 radical (unpaired) electrons. The summed E-state index contributed by atoms with van der Waals surface area (Å²) in [5, 5.41) is 0. The van der Waals surface area contributed by atoms with Crippen LogP contribution in [0.5, 0.6) is 0 Å². The van der Waals surface area contributed by atoms with Gasteiger partial charge >= 0.3 is 6.09 Å². The fraction of sp³-hybridized carbons (Fsp3) is 0.583. The van der Waals surface area contributed by atoms with Gasteiger partial charge in [0.2, 0.25) is 0 Å². The van der Waals surface area contributed by atoms with Crippen molar-refractivity contribution in [1.29, 1.82) is 0 Å². The molecule has 0 atom stereocenters. The fourth-order valence-corrected chi connectivity index (χ4v) is 1.81. The zero-order valence-corrected chi connectivity index (χ0v) is 9.75. The molecule has 0 spiro atoms. The lowest BCUT2D eigenvalue weighted by atomic mass is 10.0. The minimum absolute atomic E-state index is 0.267. The summed E-state index contributed by atoms with van der Waals surface area (Å²) in [6.45, 7) is 6.42. The van der Waals surface area contributed by atoms with Crippen LogP contribution in [0, 0.1) is 0 Å². The Morgan fingerprint density at radius 3 is 2.67 bits per heavy atom. The number of carbonyl (C=O) groups is 1. The summed E-state index contributed by atoms with van der Waals surface area (Å²) in [6, 6.07) is 0. The molecule has 1 aliphatic rings. The van der Waals surface area contributed by atoms with Gasteiger partial charge in [-0.25, -0.2) is 4.79 Å². The average Bonchev–Trinajstić information content (AvgIpc) is 2.28. The van der Waals surface area contributed by atoms with Gasteiger partial charge in [-0.2, -0.15) is 0 Å². The minimum Gasteiger partial charge on any atom is -0.449 e. The van der Waals surface area contributed by atoms with E-state index >= 15 is 0 Å². The van der Waals surface area contributed by atoms with Crippen LogP contribution in [0.25, 0.3) is 0 Å². The van der Waals surface area contributed by atoms with E-state index in [0.29, 0.717) is 6.61 Å². The third-order valence-electron chi connectivity index (χ3n) is 2.54. The Kier molecular flexibility index (Phi) is 4.40. The predicted octanol–water partition coefficient (Wildman–Crippen LogP) is 3.44. The van der Waals surface area contributed by atoms with E-state index in [-0.39, 0.29) is 6.09 Å². The maximum atomic E-state index is 11.6. The van der Waals surface area contributed by atoms with Gasteiger partial charge in [-0.1, -0.05) is 19.9 Å². The van der Waals surface area contributed by atoms with Gasteiger partial charge in [0.05, 0.1) is 6.61 Å². The Labute approximate surface area is 91.4 Å². The molecule has 0 aliphatic carbocycles. The molecule has 3 nitrogen and oxygen atoms in total. The standard InChI is InChI=1S/C12H19NO2/c1-4-10-8-7-9-13(11(10)5-2)12(14)15-6-3/h7,9H,4-6,8H2,1-3H3. The first kappa shape index (κ1) is 11.8. The van der Waals surface area contributed by atoms with Gasteiger partial charge in [-0.15, -0.1) is 0 Å². The van der Waals surface area contributed by atoms with Crippen molar-refractivity contribution in [2.45, 2.75) is 40.0 Å². The van der Waals surface area contributed by atoms with Crippen LogP contribution in [-0.4, -0.2) is 17.6 Å². The summed E-state index contributed by atoms with van der Waals surface area (Å²) in [5.41, 5.74) is 2.42. The molecule has 0 N–H and O–H groups in total. The zero-order chi connectivity index (χ0) is 11.3. The number of rotatable bonds is 3. The molecule has 0 saturated carbocycles. The Bertz CT molecular complexity index is 292. The molecule has 3 heteroatoms. The molecule has 1 rings (SSSR count). The molecule has 84 valence electrons. The van der Waals surface area contributed by atoms with E-state index in [0.717, 1.165) is 25.0 Å². The normalized spacial score (nSPS) is 15.8. The molecule has 1 amide bonds. The van der Waals surface area contributed by atoms with Crippen molar-refractivity contribution in [3.05, 3.63) is 23.5 Å². The van der Waals surface area contributed by atoms with E-state index in [1.165, 1.54) is 5.57 Å². The highest BCUT2D eigenvalue weighted by atomic mass is 16.6. The van der Waals surface area contributed by atoms with Gasteiger partial charge in [0.15, 0.2) is 0 Å². The quantitative estimate of drug-likeness (QED) is 0.712. The van der Waals surface area contributed by atoms with Crippen molar-refractivity contribution in [3.63, 3.8) is 0 Å². The van der Waals surface area contributed by atoms with Crippen LogP contribution in [0.15, 0.2) is 23.5 Å². The topological polar surface area (TPSA) is 29.5 Å². The molecule has 0 aromatic rings. The molecule has 0 bridgehead atoms. The van der Waals surface area contributed by atoms with E-state index in [2.05, 4.69) is 13.8 Å². The van der Waals surface area contributed by atoms with Gasteiger partial charge in [-0.05, 0) is 31.8 Å². The maximum absolute atomic E-state index is 11.6. The first-order chi connectivity index (χ1) is 7.24. The van der Waals surface area contributed by atoms with Crippen molar-refractivity contribution >= 4 is 6.09 Å². The first-order valence-electron chi connectivity index (χ1n) is 5.58. The molecule has 0 aromatic carbocycles. The van der Waals surface area contributed by atoms with E-state index in [1.807, 2.05) is 19.2 Å². The molecule has 15 heavy (non-hydrogen) atoms. The van der Waals surface area contributed by atoms with Gasteiger partial charge in [-0.3, -0.25) is 4.90 Å². The van der Waals surface area contributed by atoms with Crippen LogP contribution in [0.2, 0.25) is 0 Å². The molecule has 0 fully saturated rings. The van der Waals surface area contributed by atoms with Crippen molar-refractivity contribution in [2.75, 3.05) is 6.61 Å². The third kappa shape index (κ3) is 2.61. The monoisotopic (exact) mass is 209 g/mol. The maximum Gasteiger partial charge on any atom is 0.418 e. The predicted molar refractivity (Wildman–Crippen MR) is 60.2 cm³/mol. The Morgan fingerprint density at radius 2 is 2.13 bits per heavy atom. The molecule has 0 aromatic heterocycles. The van der Waals surface area contributed by atoms with Crippen molar-refractivity contribution in [3.8, 4) is 0 Å². The summed E-state index contributed by atoms with van der Waals surface area (Å²) >= 11 is 0. The summed E-state index contributed by atoms with van der Waals surface area (Å²) < 4.78 is 5.01. The number of amides is 1. The molecular formula is C12H19NO2. The summed E-state index contributed by atoms with van der Waals surface area (Å²) in [5.74, 6) is 0. The second-order valence-electron chi connectivity index (χ2n) is 3.42. The molecule has 0 saturated heterocycles. The SMILES string of the molecule is CCOC(=O)N1C=CCC(CC)=C1CC. The number of ether oxygens (including phenoxy) is 1. The lowest BCUT2D eigenvalue weighted by Gasteiger charge is -2.26. The number of hydrogen-bond donors (Lipinski definition) is 0. The highest BCUT2D eigenvalue weighted by Gasteiger charge is 2.20. The van der Waals surface area contributed by atoms with E-state index in [1.54, 1.807) is 4.90 Å². The number of allylic oxidation sites excluding steroid dienone is 3. The second kappa shape index (κ2) is 5.59. The summed E-state index contributed by atoms with van der Waals surface area (Å²) in [6.07, 6.45) is 6.37. The van der Waals surface area contributed by atoms with Crippen LogP contribution in [-0.2, 0) is 4.74 Å². The second-order valence-corrected chi connectivity index (χ2v) is 3.42. The average molecular weight is 209 g/mol. The Morgan fingerprint density at radius 1 is 1.40 bits per heavy atom. The van der Waals surface area contributed by atoms with E-state index < -0.39 is 0 Å². The van der Waals surface area contributed by atoms with Gasteiger partial charge in [0.25, 0.3) is 0 Å². The lowest BCUT2D eigenvalue weighted by Crippen LogP contribution is -2.28. The van der Waals surface area contributed by atoms with Crippen LogP contribution >= 0.6 is 0 Å². The number of hydrogen-bond acceptors (Lipinski definition) is 2. The Hall–Kier alpha value is -1.25. The fourth-order valence-electron chi connectivity index (χ4n) is 1.81. The van der Waals surface area contributed by atoms with Crippen molar-refractivity contribution < 1.29 is 9.53 Å². The van der Waals surface area contributed by atoms with Gasteiger partial charge in [0, 0.05) is 11.9 Å². The van der Waals surface area contributed by atoms with Crippen LogP contribution in [0.4, 0.5) is 4.79 Å². The summed E-state index contributed by atoms with van der Waals surface area (Å²) in [4.78, 5) is 13.3. The first-order valence-corrected chi connectivity index (χ1v) is 5.58. The third-order valence-corrected chi connectivity index (χ3v) is 2.54. The van der Waals surface area contributed by atoms with Crippen molar-refractivity contribution in [2.24, 2.45) is 0 Å². The van der Waals surface area contributed by atoms with Crippen molar-refractivity contribution in [1.82, 2.24) is 4.90 Å². The molecule has 1 aliphatic heterocycles. The largest absolute Gasteiger partial charge is 0.449 e. The number of carbonyl (C=O) groups excluding carboxylic acids is 1. The number of nitrogens with zero attached hydrogens (tertiary/aromatic N) is 1. The Balaban J connectivity index is 2.86.